The minimum Gasteiger partial charge on any atom is -0.496 e. The molecule has 0 atom stereocenters. The Morgan fingerprint density at radius 2 is 2.00 bits per heavy atom. The lowest BCUT2D eigenvalue weighted by Gasteiger charge is -2.17. The predicted octanol–water partition coefficient (Wildman–Crippen LogP) is 2.51. The molecule has 1 rings (SSSR count). The number of rotatable bonds is 3. The molecule has 2 N–H and O–H groups in total. The van der Waals surface area contributed by atoms with Gasteiger partial charge in [-0.3, -0.25) is 4.98 Å². The van der Waals surface area contributed by atoms with Crippen LogP contribution in [0.15, 0.2) is 6.20 Å². The second kappa shape index (κ2) is 4.82. The van der Waals surface area contributed by atoms with Gasteiger partial charge in [-0.05, 0) is 0 Å². The molecule has 0 spiro atoms. The number of nitrogens with zero attached hydrogens (tertiary/aromatic N) is 1. The molecule has 96 valence electrons. The quantitative estimate of drug-likeness (QED) is 0.845. The van der Waals surface area contributed by atoms with E-state index in [2.05, 4.69) is 9.72 Å². The standard InChI is InChI=1S/C9H9F5N2O/c1-17-7-4(2-15)3-16-6(8(10)11)5(7)9(12,13)14/h3,8H,2,15H2,1H3. The zero-order chi connectivity index (χ0) is 13.2. The number of halogens is 5. The smallest absolute Gasteiger partial charge is 0.421 e. The average molecular weight is 256 g/mol. The molecule has 0 saturated carbocycles. The Kier molecular flexibility index (Phi) is 3.87. The third-order valence-electron chi connectivity index (χ3n) is 2.05. The van der Waals surface area contributed by atoms with Crippen LogP contribution in [-0.2, 0) is 12.7 Å². The summed E-state index contributed by atoms with van der Waals surface area (Å²) < 4.78 is 67.5. The van der Waals surface area contributed by atoms with Gasteiger partial charge in [-0.1, -0.05) is 0 Å². The first-order valence-corrected chi connectivity index (χ1v) is 4.44. The molecule has 0 amide bonds. The Labute approximate surface area is 93.4 Å². The number of ether oxygens (including phenoxy) is 1. The fourth-order valence-electron chi connectivity index (χ4n) is 1.37. The first kappa shape index (κ1) is 13.6. The maximum absolute atomic E-state index is 12.7. The molecule has 17 heavy (non-hydrogen) atoms. The topological polar surface area (TPSA) is 48.1 Å². The SMILES string of the molecule is COc1c(CN)cnc(C(F)F)c1C(F)(F)F. The van der Waals surface area contributed by atoms with E-state index in [1.807, 2.05) is 0 Å². The molecule has 1 aromatic rings. The van der Waals surface area contributed by atoms with Gasteiger partial charge in [0.2, 0.25) is 0 Å². The molecule has 0 aromatic carbocycles. The largest absolute Gasteiger partial charge is 0.496 e. The van der Waals surface area contributed by atoms with Crippen LogP contribution in [0.2, 0.25) is 0 Å². The molecule has 8 heteroatoms. The molecular weight excluding hydrogens is 247 g/mol. The van der Waals surface area contributed by atoms with Crippen molar-refractivity contribution in [3.05, 3.63) is 23.0 Å². The van der Waals surface area contributed by atoms with E-state index in [1.54, 1.807) is 0 Å². The normalized spacial score (nSPS) is 12.0. The Balaban J connectivity index is 3.56. The lowest BCUT2D eigenvalue weighted by molar-refractivity contribution is -0.141. The van der Waals surface area contributed by atoms with Crippen LogP contribution in [-0.4, -0.2) is 12.1 Å². The third-order valence-corrected chi connectivity index (χ3v) is 2.05. The van der Waals surface area contributed by atoms with E-state index in [0.717, 1.165) is 13.3 Å². The Bertz CT molecular complexity index is 405. The summed E-state index contributed by atoms with van der Waals surface area (Å²) in [5, 5.41) is 0. The Morgan fingerprint density at radius 1 is 1.41 bits per heavy atom. The second-order valence-corrected chi connectivity index (χ2v) is 3.08. The van der Waals surface area contributed by atoms with Crippen LogP contribution in [0.4, 0.5) is 22.0 Å². The Hall–Kier alpha value is -1.44. The van der Waals surface area contributed by atoms with Crippen LogP contribution in [0, 0.1) is 0 Å². The summed E-state index contributed by atoms with van der Waals surface area (Å²) in [7, 11) is 0.957. The molecule has 0 radical (unpaired) electrons. The van der Waals surface area contributed by atoms with Crippen molar-refractivity contribution in [3.8, 4) is 5.75 Å². The number of pyridine rings is 1. The van der Waals surface area contributed by atoms with E-state index >= 15 is 0 Å². The molecule has 1 heterocycles. The number of alkyl halides is 5. The molecule has 1 aromatic heterocycles. The van der Waals surface area contributed by atoms with E-state index in [-0.39, 0.29) is 12.1 Å². The first-order valence-electron chi connectivity index (χ1n) is 4.44. The fourth-order valence-corrected chi connectivity index (χ4v) is 1.37. The summed E-state index contributed by atoms with van der Waals surface area (Å²) in [6.07, 6.45) is -7.46. The van der Waals surface area contributed by atoms with Crippen LogP contribution in [0.5, 0.6) is 5.75 Å². The van der Waals surface area contributed by atoms with E-state index in [4.69, 9.17) is 5.73 Å². The van der Waals surface area contributed by atoms with Gasteiger partial charge in [0.1, 0.15) is 17.0 Å². The predicted molar refractivity (Wildman–Crippen MR) is 48.6 cm³/mol. The second-order valence-electron chi connectivity index (χ2n) is 3.08. The van der Waals surface area contributed by atoms with E-state index in [1.165, 1.54) is 0 Å². The highest BCUT2D eigenvalue weighted by atomic mass is 19.4. The van der Waals surface area contributed by atoms with Gasteiger partial charge in [0.25, 0.3) is 6.43 Å². The average Bonchev–Trinajstić information content (AvgIpc) is 2.25. The van der Waals surface area contributed by atoms with Crippen molar-refractivity contribution >= 4 is 0 Å². The highest BCUT2D eigenvalue weighted by Gasteiger charge is 2.41. The van der Waals surface area contributed by atoms with Crippen molar-refractivity contribution < 1.29 is 26.7 Å². The molecule has 0 saturated heterocycles. The summed E-state index contributed by atoms with van der Waals surface area (Å²) in [6.45, 7) is -0.289. The number of methoxy groups -OCH3 is 1. The van der Waals surface area contributed by atoms with Gasteiger partial charge in [-0.2, -0.15) is 13.2 Å². The molecule has 0 aliphatic carbocycles. The van der Waals surface area contributed by atoms with Crippen LogP contribution >= 0.6 is 0 Å². The van der Waals surface area contributed by atoms with Crippen molar-refractivity contribution in [2.24, 2.45) is 5.73 Å². The van der Waals surface area contributed by atoms with Crippen LogP contribution < -0.4 is 10.5 Å². The molecule has 0 aliphatic rings. The van der Waals surface area contributed by atoms with Gasteiger partial charge in [0, 0.05) is 18.3 Å². The van der Waals surface area contributed by atoms with Crippen molar-refractivity contribution in [2.45, 2.75) is 19.1 Å². The van der Waals surface area contributed by atoms with E-state index < -0.39 is 29.6 Å². The maximum Gasteiger partial charge on any atom is 0.421 e. The molecule has 3 nitrogen and oxygen atoms in total. The third kappa shape index (κ3) is 2.63. The van der Waals surface area contributed by atoms with Crippen molar-refractivity contribution in [2.75, 3.05) is 7.11 Å². The molecule has 0 unspecified atom stereocenters. The lowest BCUT2D eigenvalue weighted by Crippen LogP contribution is -2.16. The van der Waals surface area contributed by atoms with Gasteiger partial charge in [0.15, 0.2) is 0 Å². The summed E-state index contributed by atoms with van der Waals surface area (Å²) in [6, 6.07) is 0. The van der Waals surface area contributed by atoms with Gasteiger partial charge in [0.05, 0.1) is 7.11 Å². The highest BCUT2D eigenvalue weighted by Crippen LogP contribution is 2.42. The fraction of sp³-hybridized carbons (Fsp3) is 0.444. The number of nitrogens with two attached hydrogens (primary N) is 1. The zero-order valence-corrected chi connectivity index (χ0v) is 8.68. The van der Waals surface area contributed by atoms with E-state index in [9.17, 15) is 22.0 Å². The molecule has 0 bridgehead atoms. The van der Waals surface area contributed by atoms with Crippen molar-refractivity contribution in [1.82, 2.24) is 4.98 Å². The van der Waals surface area contributed by atoms with Gasteiger partial charge in [-0.25, -0.2) is 8.78 Å². The first-order chi connectivity index (χ1) is 7.82. The van der Waals surface area contributed by atoms with Gasteiger partial charge >= 0.3 is 6.18 Å². The number of aromatic nitrogens is 1. The van der Waals surface area contributed by atoms with Crippen molar-refractivity contribution in [1.29, 1.82) is 0 Å². The number of hydrogen-bond donors (Lipinski definition) is 1. The summed E-state index contributed by atoms with van der Waals surface area (Å²) >= 11 is 0. The van der Waals surface area contributed by atoms with Gasteiger partial charge in [-0.15, -0.1) is 0 Å². The van der Waals surface area contributed by atoms with Crippen LogP contribution in [0.25, 0.3) is 0 Å². The summed E-state index contributed by atoms with van der Waals surface area (Å²) in [5.41, 5.74) is 2.18. The minimum atomic E-state index is -4.98. The summed E-state index contributed by atoms with van der Waals surface area (Å²) in [5.74, 6) is -0.703. The van der Waals surface area contributed by atoms with E-state index in [0.29, 0.717) is 0 Å². The molecular formula is C9H9F5N2O. The zero-order valence-electron chi connectivity index (χ0n) is 8.68. The van der Waals surface area contributed by atoms with Crippen LogP contribution in [0.3, 0.4) is 0 Å². The van der Waals surface area contributed by atoms with Crippen molar-refractivity contribution in [3.63, 3.8) is 0 Å². The maximum atomic E-state index is 12.7. The minimum absolute atomic E-state index is 0.0794. The monoisotopic (exact) mass is 256 g/mol. The number of hydrogen-bond acceptors (Lipinski definition) is 3. The lowest BCUT2D eigenvalue weighted by atomic mass is 10.1. The van der Waals surface area contributed by atoms with Gasteiger partial charge < -0.3 is 10.5 Å². The molecule has 0 fully saturated rings. The molecule has 0 aliphatic heterocycles. The van der Waals surface area contributed by atoms with Crippen LogP contribution in [0.1, 0.15) is 23.2 Å². The summed E-state index contributed by atoms with van der Waals surface area (Å²) in [4.78, 5) is 3.09. The Morgan fingerprint density at radius 3 is 2.35 bits per heavy atom. The highest BCUT2D eigenvalue weighted by molar-refractivity contribution is 5.45.